The summed E-state index contributed by atoms with van der Waals surface area (Å²) in [5.74, 6) is 1.59. The Labute approximate surface area is 131 Å². The highest BCUT2D eigenvalue weighted by Gasteiger charge is 2.22. The van der Waals surface area contributed by atoms with Crippen LogP contribution >= 0.6 is 12.4 Å². The molecule has 0 radical (unpaired) electrons. The molecule has 1 saturated heterocycles. The highest BCUT2D eigenvalue weighted by atomic mass is 35.5. The van der Waals surface area contributed by atoms with Crippen molar-refractivity contribution in [2.75, 3.05) is 26.7 Å². The van der Waals surface area contributed by atoms with Gasteiger partial charge in [-0.3, -0.25) is 4.79 Å². The van der Waals surface area contributed by atoms with E-state index in [1.165, 1.54) is 0 Å². The monoisotopic (exact) mass is 314 g/mol. The minimum Gasteiger partial charge on any atom is -0.493 e. The molecule has 6 heteroatoms. The third kappa shape index (κ3) is 5.10. The van der Waals surface area contributed by atoms with Gasteiger partial charge < -0.3 is 20.1 Å². The molecule has 0 bridgehead atoms. The molecular weight excluding hydrogens is 292 g/mol. The lowest BCUT2D eigenvalue weighted by Gasteiger charge is -2.18. The zero-order valence-electron chi connectivity index (χ0n) is 12.4. The largest absolute Gasteiger partial charge is 0.493 e. The molecule has 0 saturated carbocycles. The normalized spacial score (nSPS) is 18.5. The van der Waals surface area contributed by atoms with Crippen LogP contribution in [0.4, 0.5) is 0 Å². The zero-order chi connectivity index (χ0) is 14.4. The second kappa shape index (κ2) is 8.74. The molecule has 1 aliphatic heterocycles. The number of carbonyl (C=O) groups is 1. The third-order valence-electron chi connectivity index (χ3n) is 3.39. The number of para-hydroxylation sites is 2. The molecule has 2 atom stereocenters. The van der Waals surface area contributed by atoms with Gasteiger partial charge in [0, 0.05) is 6.54 Å². The van der Waals surface area contributed by atoms with Crippen LogP contribution in [0.1, 0.15) is 13.3 Å². The van der Waals surface area contributed by atoms with Gasteiger partial charge in [0.25, 0.3) is 0 Å². The smallest absolute Gasteiger partial charge is 0.224 e. The maximum absolute atomic E-state index is 11.9. The van der Waals surface area contributed by atoms with E-state index in [1.807, 2.05) is 31.2 Å². The van der Waals surface area contributed by atoms with Crippen molar-refractivity contribution in [3.8, 4) is 11.5 Å². The van der Waals surface area contributed by atoms with E-state index in [0.717, 1.165) is 19.5 Å². The van der Waals surface area contributed by atoms with Crippen molar-refractivity contribution in [2.45, 2.75) is 19.4 Å². The molecule has 1 fully saturated rings. The first-order valence-electron chi connectivity index (χ1n) is 6.99. The zero-order valence-corrected chi connectivity index (χ0v) is 13.2. The molecule has 1 amide bonds. The second-order valence-electron chi connectivity index (χ2n) is 5.01. The van der Waals surface area contributed by atoms with Gasteiger partial charge >= 0.3 is 0 Å². The summed E-state index contributed by atoms with van der Waals surface area (Å²) in [6, 6.07) is 7.50. The quantitative estimate of drug-likeness (QED) is 0.837. The number of carbonyl (C=O) groups excluding carboxylic acids is 1. The minimum absolute atomic E-state index is 0. The Morgan fingerprint density at radius 2 is 2.14 bits per heavy atom. The predicted octanol–water partition coefficient (Wildman–Crippen LogP) is 1.61. The summed E-state index contributed by atoms with van der Waals surface area (Å²) in [5.41, 5.74) is 0. The number of methoxy groups -OCH3 is 1. The fraction of sp³-hybridized carbons (Fsp3) is 0.533. The van der Waals surface area contributed by atoms with Gasteiger partial charge in [0.15, 0.2) is 11.5 Å². The van der Waals surface area contributed by atoms with Gasteiger partial charge in [0.2, 0.25) is 5.91 Å². The summed E-state index contributed by atoms with van der Waals surface area (Å²) in [6.45, 7) is 4.12. The van der Waals surface area contributed by atoms with Gasteiger partial charge in [-0.15, -0.1) is 12.4 Å². The molecule has 1 aliphatic rings. The van der Waals surface area contributed by atoms with Crippen molar-refractivity contribution in [1.82, 2.24) is 10.6 Å². The van der Waals surface area contributed by atoms with Crippen LogP contribution < -0.4 is 20.1 Å². The number of rotatable bonds is 6. The number of hydrogen-bond donors (Lipinski definition) is 2. The topological polar surface area (TPSA) is 59.6 Å². The maximum atomic E-state index is 11.9. The van der Waals surface area contributed by atoms with Gasteiger partial charge in [-0.25, -0.2) is 0 Å². The van der Waals surface area contributed by atoms with Gasteiger partial charge in [-0.2, -0.15) is 0 Å². The third-order valence-corrected chi connectivity index (χ3v) is 3.39. The molecule has 5 nitrogen and oxygen atoms in total. The molecule has 0 spiro atoms. The molecule has 1 heterocycles. The minimum atomic E-state index is -0.107. The Balaban J connectivity index is 0.00000220. The van der Waals surface area contributed by atoms with Crippen LogP contribution in [0.15, 0.2) is 24.3 Å². The number of ether oxygens (including phenoxy) is 2. The van der Waals surface area contributed by atoms with E-state index < -0.39 is 0 Å². The van der Waals surface area contributed by atoms with E-state index in [-0.39, 0.29) is 30.3 Å². The fourth-order valence-electron chi connectivity index (χ4n) is 2.24. The summed E-state index contributed by atoms with van der Waals surface area (Å²) in [6.07, 6.45) is 0.803. The number of hydrogen-bond acceptors (Lipinski definition) is 4. The molecule has 2 unspecified atom stereocenters. The predicted molar refractivity (Wildman–Crippen MR) is 84.3 cm³/mol. The van der Waals surface area contributed by atoms with Crippen LogP contribution in [0.2, 0.25) is 0 Å². The van der Waals surface area contributed by atoms with Crippen LogP contribution in [0, 0.1) is 5.92 Å². The highest BCUT2D eigenvalue weighted by Crippen LogP contribution is 2.26. The second-order valence-corrected chi connectivity index (χ2v) is 5.01. The Hall–Kier alpha value is -1.46. The Morgan fingerprint density at radius 3 is 2.76 bits per heavy atom. The summed E-state index contributed by atoms with van der Waals surface area (Å²) in [7, 11) is 1.61. The fourth-order valence-corrected chi connectivity index (χ4v) is 2.24. The number of nitrogens with one attached hydrogen (secondary N) is 2. The maximum Gasteiger partial charge on any atom is 0.224 e. The molecule has 21 heavy (non-hydrogen) atoms. The van der Waals surface area contributed by atoms with Crippen molar-refractivity contribution in [1.29, 1.82) is 0 Å². The van der Waals surface area contributed by atoms with Gasteiger partial charge in [0.05, 0.1) is 19.6 Å². The SMILES string of the molecule is COc1ccccc1OC(C)CNC(=O)C1CCNC1.Cl. The molecular formula is C15H23ClN2O3. The summed E-state index contributed by atoms with van der Waals surface area (Å²) >= 11 is 0. The van der Waals surface area contributed by atoms with Crippen LogP contribution in [0.3, 0.4) is 0 Å². The Kier molecular flexibility index (Phi) is 7.32. The first kappa shape index (κ1) is 17.6. The number of benzene rings is 1. The van der Waals surface area contributed by atoms with E-state index in [0.29, 0.717) is 18.0 Å². The molecule has 1 aromatic carbocycles. The Morgan fingerprint density at radius 1 is 1.43 bits per heavy atom. The van der Waals surface area contributed by atoms with E-state index in [9.17, 15) is 4.79 Å². The Bertz CT molecular complexity index is 450. The first-order chi connectivity index (χ1) is 9.70. The summed E-state index contributed by atoms with van der Waals surface area (Å²) in [4.78, 5) is 11.9. The van der Waals surface area contributed by atoms with E-state index >= 15 is 0 Å². The lowest BCUT2D eigenvalue weighted by molar-refractivity contribution is -0.124. The lowest BCUT2D eigenvalue weighted by Crippen LogP contribution is -2.38. The van der Waals surface area contributed by atoms with Crippen LogP contribution in [-0.4, -0.2) is 38.8 Å². The molecule has 0 aliphatic carbocycles. The van der Waals surface area contributed by atoms with Gasteiger partial charge in [0.1, 0.15) is 6.10 Å². The van der Waals surface area contributed by atoms with Gasteiger partial charge in [-0.1, -0.05) is 12.1 Å². The molecule has 1 aromatic rings. The van der Waals surface area contributed by atoms with Crippen LogP contribution in [0.25, 0.3) is 0 Å². The van der Waals surface area contributed by atoms with E-state index in [4.69, 9.17) is 9.47 Å². The van der Waals surface area contributed by atoms with Gasteiger partial charge in [-0.05, 0) is 32.0 Å². The first-order valence-corrected chi connectivity index (χ1v) is 6.99. The van der Waals surface area contributed by atoms with Crippen molar-refractivity contribution < 1.29 is 14.3 Å². The van der Waals surface area contributed by atoms with Crippen LogP contribution in [-0.2, 0) is 4.79 Å². The van der Waals surface area contributed by atoms with Crippen molar-refractivity contribution in [3.63, 3.8) is 0 Å². The van der Waals surface area contributed by atoms with E-state index in [2.05, 4.69) is 10.6 Å². The molecule has 2 rings (SSSR count). The summed E-state index contributed by atoms with van der Waals surface area (Å²) < 4.78 is 11.0. The standard InChI is InChI=1S/C15H22N2O3.ClH/c1-11(9-17-15(18)12-7-8-16-10-12)20-14-6-4-3-5-13(14)19-2;/h3-6,11-12,16H,7-10H2,1-2H3,(H,17,18);1H. The van der Waals surface area contributed by atoms with Crippen molar-refractivity contribution >= 4 is 18.3 Å². The summed E-state index contributed by atoms with van der Waals surface area (Å²) in [5, 5.41) is 6.12. The van der Waals surface area contributed by atoms with Crippen molar-refractivity contribution in [3.05, 3.63) is 24.3 Å². The number of amides is 1. The van der Waals surface area contributed by atoms with Crippen molar-refractivity contribution in [2.24, 2.45) is 5.92 Å². The van der Waals surface area contributed by atoms with E-state index in [1.54, 1.807) is 7.11 Å². The number of halogens is 1. The highest BCUT2D eigenvalue weighted by molar-refractivity contribution is 5.85. The average Bonchev–Trinajstić information content (AvgIpc) is 2.99. The molecule has 118 valence electrons. The average molecular weight is 315 g/mol. The molecule has 2 N–H and O–H groups in total. The molecule has 0 aromatic heterocycles. The van der Waals surface area contributed by atoms with Crippen LogP contribution in [0.5, 0.6) is 11.5 Å². The lowest BCUT2D eigenvalue weighted by atomic mass is 10.1.